The molecule has 2 aliphatic rings. The molecule has 4 nitrogen and oxygen atoms in total. The van der Waals surface area contributed by atoms with Crippen LogP contribution in [0.4, 0.5) is 0 Å². The van der Waals surface area contributed by atoms with Gasteiger partial charge in [0.05, 0.1) is 18.6 Å². The van der Waals surface area contributed by atoms with Gasteiger partial charge in [0.15, 0.2) is 5.79 Å². The van der Waals surface area contributed by atoms with Crippen molar-refractivity contribution in [2.24, 2.45) is 5.41 Å². The first-order chi connectivity index (χ1) is 9.98. The molecule has 4 heteroatoms. The van der Waals surface area contributed by atoms with E-state index in [9.17, 15) is 4.79 Å². The second-order valence-electron chi connectivity index (χ2n) is 6.71. The van der Waals surface area contributed by atoms with Crippen molar-refractivity contribution in [1.82, 2.24) is 4.90 Å². The third kappa shape index (κ3) is 3.27. The summed E-state index contributed by atoms with van der Waals surface area (Å²) in [6.45, 7) is 6.75. The highest BCUT2D eigenvalue weighted by Gasteiger charge is 2.49. The summed E-state index contributed by atoms with van der Waals surface area (Å²) >= 11 is 0. The first-order valence-electron chi connectivity index (χ1n) is 7.58. The Morgan fingerprint density at radius 2 is 1.76 bits per heavy atom. The summed E-state index contributed by atoms with van der Waals surface area (Å²) in [5, 5.41) is 0. The number of nitrogens with zero attached hydrogens (tertiary/aromatic N) is 1. The van der Waals surface area contributed by atoms with E-state index < -0.39 is 5.79 Å². The average Bonchev–Trinajstić information content (AvgIpc) is 2.44. The Labute approximate surface area is 126 Å². The highest BCUT2D eigenvalue weighted by atomic mass is 16.7. The highest BCUT2D eigenvalue weighted by Crippen LogP contribution is 2.37. The van der Waals surface area contributed by atoms with E-state index in [0.29, 0.717) is 19.6 Å². The molecule has 0 aliphatic carbocycles. The lowest BCUT2D eigenvalue weighted by Gasteiger charge is -2.54. The normalized spacial score (nSPS) is 22.9. The quantitative estimate of drug-likeness (QED) is 0.856. The van der Waals surface area contributed by atoms with E-state index in [0.717, 1.165) is 19.5 Å². The number of aryl methyl sites for hydroxylation is 1. The van der Waals surface area contributed by atoms with E-state index in [1.165, 1.54) is 5.56 Å². The molecule has 0 bridgehead atoms. The first-order valence-corrected chi connectivity index (χ1v) is 7.58. The van der Waals surface area contributed by atoms with Gasteiger partial charge in [0, 0.05) is 19.5 Å². The van der Waals surface area contributed by atoms with Crippen molar-refractivity contribution in [3.8, 4) is 0 Å². The Morgan fingerprint density at radius 3 is 2.38 bits per heavy atom. The summed E-state index contributed by atoms with van der Waals surface area (Å²) in [6.07, 6.45) is 1.39. The smallest absolute Gasteiger partial charge is 0.222 e. The maximum Gasteiger partial charge on any atom is 0.222 e. The van der Waals surface area contributed by atoms with Crippen LogP contribution in [0.15, 0.2) is 30.3 Å². The number of benzene rings is 1. The van der Waals surface area contributed by atoms with Crippen molar-refractivity contribution < 1.29 is 14.3 Å². The van der Waals surface area contributed by atoms with Crippen molar-refractivity contribution in [2.75, 3.05) is 26.3 Å². The minimum atomic E-state index is -0.483. The third-order valence-electron chi connectivity index (χ3n) is 4.33. The molecule has 1 aromatic rings. The van der Waals surface area contributed by atoms with Gasteiger partial charge in [0.25, 0.3) is 0 Å². The third-order valence-corrected chi connectivity index (χ3v) is 4.33. The van der Waals surface area contributed by atoms with Crippen molar-refractivity contribution in [3.05, 3.63) is 35.9 Å². The largest absolute Gasteiger partial charge is 0.350 e. The summed E-state index contributed by atoms with van der Waals surface area (Å²) in [5.41, 5.74) is 1.24. The second kappa shape index (κ2) is 5.43. The van der Waals surface area contributed by atoms with Gasteiger partial charge in [-0.1, -0.05) is 30.3 Å². The van der Waals surface area contributed by atoms with Gasteiger partial charge < -0.3 is 14.4 Å². The molecule has 0 unspecified atom stereocenters. The summed E-state index contributed by atoms with van der Waals surface area (Å²) in [5.74, 6) is -0.252. The molecular formula is C17H23NO3. The van der Waals surface area contributed by atoms with E-state index in [1.807, 2.05) is 36.9 Å². The molecule has 3 rings (SSSR count). The molecule has 1 amide bonds. The van der Waals surface area contributed by atoms with Crippen LogP contribution in [0.25, 0.3) is 0 Å². The lowest BCUT2D eigenvalue weighted by Crippen LogP contribution is -2.65. The van der Waals surface area contributed by atoms with Crippen LogP contribution < -0.4 is 0 Å². The SMILES string of the molecule is CC1(C)OCC2(CO1)CN(C(=O)CCc1ccccc1)C2. The zero-order chi connectivity index (χ0) is 14.9. The average molecular weight is 289 g/mol. The van der Waals surface area contributed by atoms with Crippen LogP contribution in [0, 0.1) is 5.41 Å². The molecule has 21 heavy (non-hydrogen) atoms. The van der Waals surface area contributed by atoms with E-state index in [-0.39, 0.29) is 11.3 Å². The molecule has 1 spiro atoms. The molecule has 0 saturated carbocycles. The van der Waals surface area contributed by atoms with Crippen molar-refractivity contribution >= 4 is 5.91 Å². The fourth-order valence-corrected chi connectivity index (χ4v) is 2.91. The lowest BCUT2D eigenvalue weighted by atomic mass is 9.80. The Hall–Kier alpha value is -1.39. The predicted octanol–water partition coefficient (Wildman–Crippen LogP) is 2.23. The Bertz CT molecular complexity index is 494. The lowest BCUT2D eigenvalue weighted by molar-refractivity contribution is -0.302. The number of amides is 1. The number of hydrogen-bond acceptors (Lipinski definition) is 3. The minimum Gasteiger partial charge on any atom is -0.350 e. The van der Waals surface area contributed by atoms with Crippen LogP contribution in [0.2, 0.25) is 0 Å². The van der Waals surface area contributed by atoms with Crippen molar-refractivity contribution in [2.45, 2.75) is 32.5 Å². The van der Waals surface area contributed by atoms with Crippen LogP contribution in [0.3, 0.4) is 0 Å². The van der Waals surface area contributed by atoms with E-state index in [4.69, 9.17) is 9.47 Å². The molecule has 0 atom stereocenters. The molecule has 1 aromatic carbocycles. The monoisotopic (exact) mass is 289 g/mol. The number of rotatable bonds is 3. The first kappa shape index (κ1) is 14.5. The standard InChI is InChI=1S/C17H23NO3/c1-16(2)20-12-17(13-21-16)10-18(11-17)15(19)9-8-14-6-4-3-5-7-14/h3-7H,8-13H2,1-2H3. The van der Waals surface area contributed by atoms with Crippen LogP contribution in [-0.4, -0.2) is 42.9 Å². The van der Waals surface area contributed by atoms with Gasteiger partial charge in [-0.25, -0.2) is 0 Å². The maximum absolute atomic E-state index is 12.2. The van der Waals surface area contributed by atoms with E-state index in [2.05, 4.69) is 12.1 Å². The van der Waals surface area contributed by atoms with Crippen LogP contribution >= 0.6 is 0 Å². The van der Waals surface area contributed by atoms with Crippen LogP contribution in [0.1, 0.15) is 25.8 Å². The fourth-order valence-electron chi connectivity index (χ4n) is 2.91. The van der Waals surface area contributed by atoms with Crippen LogP contribution in [0.5, 0.6) is 0 Å². The topological polar surface area (TPSA) is 38.8 Å². The maximum atomic E-state index is 12.2. The number of carbonyl (C=O) groups is 1. The highest BCUT2D eigenvalue weighted by molar-refractivity contribution is 5.77. The molecule has 2 saturated heterocycles. The fraction of sp³-hybridized carbons (Fsp3) is 0.588. The summed E-state index contributed by atoms with van der Waals surface area (Å²) in [4.78, 5) is 14.1. The number of carbonyl (C=O) groups excluding carboxylic acids is 1. The second-order valence-corrected chi connectivity index (χ2v) is 6.71. The Kier molecular flexibility index (Phi) is 3.76. The molecule has 2 aliphatic heterocycles. The van der Waals surface area contributed by atoms with Gasteiger partial charge in [-0.05, 0) is 25.8 Å². The van der Waals surface area contributed by atoms with Crippen molar-refractivity contribution in [3.63, 3.8) is 0 Å². The molecule has 0 N–H and O–H groups in total. The molecule has 114 valence electrons. The minimum absolute atomic E-state index is 0.0257. The molecule has 2 heterocycles. The van der Waals surface area contributed by atoms with E-state index >= 15 is 0 Å². The zero-order valence-electron chi connectivity index (χ0n) is 12.8. The van der Waals surface area contributed by atoms with Crippen molar-refractivity contribution in [1.29, 1.82) is 0 Å². The summed E-state index contributed by atoms with van der Waals surface area (Å²) < 4.78 is 11.4. The molecule has 2 fully saturated rings. The number of ether oxygens (including phenoxy) is 2. The zero-order valence-corrected chi connectivity index (χ0v) is 12.8. The van der Waals surface area contributed by atoms with Gasteiger partial charge in [-0.15, -0.1) is 0 Å². The summed E-state index contributed by atoms with van der Waals surface area (Å²) in [6, 6.07) is 10.1. The summed E-state index contributed by atoms with van der Waals surface area (Å²) in [7, 11) is 0. The molecule has 0 aromatic heterocycles. The van der Waals surface area contributed by atoms with Crippen LogP contribution in [-0.2, 0) is 20.7 Å². The van der Waals surface area contributed by atoms with Gasteiger partial charge >= 0.3 is 0 Å². The Morgan fingerprint density at radius 1 is 1.14 bits per heavy atom. The van der Waals surface area contributed by atoms with E-state index in [1.54, 1.807) is 0 Å². The van der Waals surface area contributed by atoms with Gasteiger partial charge in [0.2, 0.25) is 5.91 Å². The molecule has 0 radical (unpaired) electrons. The Balaban J connectivity index is 1.45. The predicted molar refractivity (Wildman–Crippen MR) is 79.8 cm³/mol. The van der Waals surface area contributed by atoms with Gasteiger partial charge in [0.1, 0.15) is 0 Å². The number of hydrogen-bond donors (Lipinski definition) is 0. The molecular weight excluding hydrogens is 266 g/mol. The number of likely N-dealkylation sites (tertiary alicyclic amines) is 1. The van der Waals surface area contributed by atoms with Gasteiger partial charge in [-0.2, -0.15) is 0 Å². The van der Waals surface area contributed by atoms with Gasteiger partial charge in [-0.3, -0.25) is 4.79 Å².